The van der Waals surface area contributed by atoms with Crippen LogP contribution in [0.1, 0.15) is 35.5 Å². The molecule has 0 aliphatic carbocycles. The summed E-state index contributed by atoms with van der Waals surface area (Å²) in [5, 5.41) is 4.87. The van der Waals surface area contributed by atoms with Gasteiger partial charge in [-0.2, -0.15) is 0 Å². The average molecular weight is 538 g/mol. The van der Waals surface area contributed by atoms with Crippen LogP contribution in [-0.2, 0) is 22.6 Å². The Bertz CT molecular complexity index is 1240. The van der Waals surface area contributed by atoms with Gasteiger partial charge in [0.2, 0.25) is 11.8 Å². The second-order valence-electron chi connectivity index (χ2n) is 9.55. The first-order chi connectivity index (χ1) is 18.3. The van der Waals surface area contributed by atoms with Crippen molar-refractivity contribution in [2.45, 2.75) is 32.9 Å². The SMILES string of the molecule is CC(C)N(CC(=O)Nc1nc(CC(=O)N2CCN(Cc3ccccc3)CC2)cs1)C(=O)c1ccc(F)cc1. The summed E-state index contributed by atoms with van der Waals surface area (Å²) in [6, 6.07) is 15.3. The lowest BCUT2D eigenvalue weighted by Gasteiger charge is -2.34. The highest BCUT2D eigenvalue weighted by Crippen LogP contribution is 2.18. The fourth-order valence-electron chi connectivity index (χ4n) is 4.27. The third-order valence-electron chi connectivity index (χ3n) is 6.39. The van der Waals surface area contributed by atoms with Crippen molar-refractivity contribution in [1.82, 2.24) is 19.7 Å². The minimum absolute atomic E-state index is 0.0171. The number of carbonyl (C=O) groups excluding carboxylic acids is 3. The molecule has 10 heteroatoms. The van der Waals surface area contributed by atoms with Crippen molar-refractivity contribution in [2.75, 3.05) is 38.0 Å². The Morgan fingerprint density at radius 2 is 1.71 bits per heavy atom. The van der Waals surface area contributed by atoms with E-state index < -0.39 is 11.7 Å². The maximum atomic E-state index is 13.2. The zero-order chi connectivity index (χ0) is 27.1. The molecular weight excluding hydrogens is 505 g/mol. The summed E-state index contributed by atoms with van der Waals surface area (Å²) in [5.41, 5.74) is 2.18. The number of carbonyl (C=O) groups is 3. The Morgan fingerprint density at radius 1 is 1.03 bits per heavy atom. The molecule has 1 saturated heterocycles. The van der Waals surface area contributed by atoms with E-state index in [0.717, 1.165) is 19.6 Å². The normalized spacial score (nSPS) is 13.9. The quantitative estimate of drug-likeness (QED) is 0.450. The van der Waals surface area contributed by atoms with Gasteiger partial charge in [-0.05, 0) is 43.7 Å². The molecule has 0 unspecified atom stereocenters. The smallest absolute Gasteiger partial charge is 0.254 e. The average Bonchev–Trinajstić information content (AvgIpc) is 3.34. The minimum Gasteiger partial charge on any atom is -0.340 e. The number of anilines is 1. The maximum Gasteiger partial charge on any atom is 0.254 e. The lowest BCUT2D eigenvalue weighted by molar-refractivity contribution is -0.132. The Labute approximate surface area is 226 Å². The number of nitrogens with zero attached hydrogens (tertiary/aromatic N) is 4. The fraction of sp³-hybridized carbons (Fsp3) is 0.357. The van der Waals surface area contributed by atoms with Crippen LogP contribution in [0.15, 0.2) is 60.0 Å². The number of aromatic nitrogens is 1. The van der Waals surface area contributed by atoms with E-state index in [0.29, 0.717) is 29.5 Å². The summed E-state index contributed by atoms with van der Waals surface area (Å²) in [5.74, 6) is -1.16. The van der Waals surface area contributed by atoms with E-state index >= 15 is 0 Å². The Balaban J connectivity index is 1.25. The number of thiazole rings is 1. The van der Waals surface area contributed by atoms with Crippen molar-refractivity contribution in [3.63, 3.8) is 0 Å². The topological polar surface area (TPSA) is 85.8 Å². The van der Waals surface area contributed by atoms with Gasteiger partial charge in [-0.1, -0.05) is 30.3 Å². The molecule has 0 bridgehead atoms. The third kappa shape index (κ3) is 7.45. The molecule has 3 amide bonds. The largest absolute Gasteiger partial charge is 0.340 e. The van der Waals surface area contributed by atoms with Gasteiger partial charge < -0.3 is 15.1 Å². The predicted molar refractivity (Wildman–Crippen MR) is 145 cm³/mol. The van der Waals surface area contributed by atoms with E-state index in [1.165, 1.54) is 46.1 Å². The number of nitrogens with one attached hydrogen (secondary N) is 1. The van der Waals surface area contributed by atoms with Gasteiger partial charge in [0.15, 0.2) is 5.13 Å². The number of rotatable bonds is 9. The van der Waals surface area contributed by atoms with E-state index in [-0.39, 0.29) is 30.8 Å². The predicted octanol–water partition coefficient (Wildman–Crippen LogP) is 3.66. The molecule has 3 aromatic rings. The first kappa shape index (κ1) is 27.4. The van der Waals surface area contributed by atoms with Crippen molar-refractivity contribution < 1.29 is 18.8 Å². The van der Waals surface area contributed by atoms with E-state index in [1.54, 1.807) is 5.38 Å². The van der Waals surface area contributed by atoms with Gasteiger partial charge in [-0.3, -0.25) is 19.3 Å². The summed E-state index contributed by atoms with van der Waals surface area (Å²) in [7, 11) is 0. The molecule has 0 saturated carbocycles. The first-order valence-electron chi connectivity index (χ1n) is 12.6. The molecule has 2 heterocycles. The first-order valence-corrected chi connectivity index (χ1v) is 13.5. The summed E-state index contributed by atoms with van der Waals surface area (Å²) < 4.78 is 13.2. The summed E-state index contributed by atoms with van der Waals surface area (Å²) in [6.07, 6.45) is 0.173. The van der Waals surface area contributed by atoms with Gasteiger partial charge in [0.25, 0.3) is 5.91 Å². The summed E-state index contributed by atoms with van der Waals surface area (Å²) in [6.45, 7) is 7.31. The number of halogens is 1. The molecule has 200 valence electrons. The lowest BCUT2D eigenvalue weighted by Crippen LogP contribution is -2.48. The Kier molecular flexibility index (Phi) is 9.19. The number of hydrogen-bond donors (Lipinski definition) is 1. The standard InChI is InChI=1S/C28H32FN5O3S/c1-20(2)34(27(37)22-8-10-23(29)11-9-22)18-25(35)31-28-30-24(19-38-28)16-26(36)33-14-12-32(13-15-33)17-21-6-4-3-5-7-21/h3-11,19-20H,12-18H2,1-2H3,(H,30,31,35). The van der Waals surface area contributed by atoms with Crippen LogP contribution in [0, 0.1) is 5.82 Å². The zero-order valence-corrected chi connectivity index (χ0v) is 22.4. The molecule has 1 fully saturated rings. The molecule has 4 rings (SSSR count). The molecule has 1 aliphatic heterocycles. The van der Waals surface area contributed by atoms with Gasteiger partial charge in [0, 0.05) is 49.7 Å². The van der Waals surface area contributed by atoms with E-state index in [1.807, 2.05) is 36.9 Å². The second kappa shape index (κ2) is 12.7. The van der Waals surface area contributed by atoms with Crippen LogP contribution in [0.3, 0.4) is 0 Å². The molecule has 1 N–H and O–H groups in total. The third-order valence-corrected chi connectivity index (χ3v) is 7.20. The highest BCUT2D eigenvalue weighted by molar-refractivity contribution is 7.13. The van der Waals surface area contributed by atoms with Gasteiger partial charge in [0.1, 0.15) is 12.4 Å². The van der Waals surface area contributed by atoms with Crippen molar-refractivity contribution in [1.29, 1.82) is 0 Å². The van der Waals surface area contributed by atoms with E-state index in [4.69, 9.17) is 0 Å². The number of piperazine rings is 1. The van der Waals surface area contributed by atoms with Crippen LogP contribution in [0.4, 0.5) is 9.52 Å². The minimum atomic E-state index is -0.432. The fourth-order valence-corrected chi connectivity index (χ4v) is 5.00. The van der Waals surface area contributed by atoms with Crippen LogP contribution < -0.4 is 5.32 Å². The zero-order valence-electron chi connectivity index (χ0n) is 21.6. The van der Waals surface area contributed by atoms with Crippen molar-refractivity contribution in [3.05, 3.63) is 82.6 Å². The van der Waals surface area contributed by atoms with Gasteiger partial charge in [-0.25, -0.2) is 9.37 Å². The summed E-state index contributed by atoms with van der Waals surface area (Å²) >= 11 is 1.24. The highest BCUT2D eigenvalue weighted by atomic mass is 32.1. The van der Waals surface area contributed by atoms with E-state index in [2.05, 4.69) is 27.3 Å². The molecule has 0 radical (unpaired) electrons. The van der Waals surface area contributed by atoms with Gasteiger partial charge >= 0.3 is 0 Å². The number of amides is 3. The second-order valence-corrected chi connectivity index (χ2v) is 10.4. The van der Waals surface area contributed by atoms with Gasteiger partial charge in [-0.15, -0.1) is 11.3 Å². The molecule has 1 aromatic heterocycles. The molecular formula is C28H32FN5O3S. The van der Waals surface area contributed by atoms with Crippen LogP contribution in [-0.4, -0.2) is 76.2 Å². The van der Waals surface area contributed by atoms with Crippen LogP contribution >= 0.6 is 11.3 Å². The Hall–Kier alpha value is -3.63. The van der Waals surface area contributed by atoms with Crippen molar-refractivity contribution >= 4 is 34.2 Å². The van der Waals surface area contributed by atoms with Gasteiger partial charge in [0.05, 0.1) is 12.1 Å². The molecule has 2 aromatic carbocycles. The molecule has 38 heavy (non-hydrogen) atoms. The van der Waals surface area contributed by atoms with Crippen molar-refractivity contribution in [3.8, 4) is 0 Å². The van der Waals surface area contributed by atoms with Crippen LogP contribution in [0.2, 0.25) is 0 Å². The Morgan fingerprint density at radius 3 is 2.37 bits per heavy atom. The number of benzene rings is 2. The van der Waals surface area contributed by atoms with Crippen LogP contribution in [0.25, 0.3) is 0 Å². The maximum absolute atomic E-state index is 13.2. The monoisotopic (exact) mass is 537 g/mol. The molecule has 0 spiro atoms. The highest BCUT2D eigenvalue weighted by Gasteiger charge is 2.24. The van der Waals surface area contributed by atoms with E-state index in [9.17, 15) is 18.8 Å². The lowest BCUT2D eigenvalue weighted by atomic mass is 10.1. The van der Waals surface area contributed by atoms with Crippen LogP contribution in [0.5, 0.6) is 0 Å². The summed E-state index contributed by atoms with van der Waals surface area (Å²) in [4.78, 5) is 48.4. The molecule has 0 atom stereocenters. The number of hydrogen-bond acceptors (Lipinski definition) is 6. The molecule has 1 aliphatic rings. The van der Waals surface area contributed by atoms with Crippen molar-refractivity contribution in [2.24, 2.45) is 0 Å². The molecule has 8 nitrogen and oxygen atoms in total.